The highest BCUT2D eigenvalue weighted by Gasteiger charge is 2.32. The van der Waals surface area contributed by atoms with E-state index < -0.39 is 12.2 Å². The summed E-state index contributed by atoms with van der Waals surface area (Å²) in [4.78, 5) is 16.8. The largest absolute Gasteiger partial charge is 0.465 e. The van der Waals surface area contributed by atoms with E-state index in [-0.39, 0.29) is 6.04 Å². The second-order valence-electron chi connectivity index (χ2n) is 5.85. The van der Waals surface area contributed by atoms with Crippen molar-refractivity contribution in [2.45, 2.75) is 31.4 Å². The maximum Gasteiger partial charge on any atom is 0.407 e. The van der Waals surface area contributed by atoms with Crippen molar-refractivity contribution in [3.63, 3.8) is 0 Å². The number of piperidine rings is 1. The topological polar surface area (TPSA) is 73.7 Å². The van der Waals surface area contributed by atoms with Crippen LogP contribution in [0.15, 0.2) is 48.8 Å². The number of aliphatic hydroxyl groups excluding tert-OH is 1. The molecule has 1 aromatic carbocycles. The fourth-order valence-electron chi connectivity index (χ4n) is 3.15. The first kappa shape index (κ1) is 15.5. The van der Waals surface area contributed by atoms with Gasteiger partial charge in [0.25, 0.3) is 0 Å². The van der Waals surface area contributed by atoms with Crippen molar-refractivity contribution in [2.24, 2.45) is 0 Å². The highest BCUT2D eigenvalue weighted by molar-refractivity contribution is 5.66. The lowest BCUT2D eigenvalue weighted by Crippen LogP contribution is -2.46. The molecule has 0 spiro atoms. The lowest BCUT2D eigenvalue weighted by molar-refractivity contribution is 0.0286. The smallest absolute Gasteiger partial charge is 0.407 e. The molecule has 23 heavy (non-hydrogen) atoms. The number of hydrogen-bond acceptors (Lipinski definition) is 3. The minimum atomic E-state index is -0.958. The summed E-state index contributed by atoms with van der Waals surface area (Å²) in [6.07, 6.45) is 4.26. The molecule has 0 bridgehead atoms. The highest BCUT2D eigenvalue weighted by atomic mass is 16.4. The van der Waals surface area contributed by atoms with Gasteiger partial charge in [-0.1, -0.05) is 30.3 Å². The molecule has 3 rings (SSSR count). The minimum absolute atomic E-state index is 0.370. The molecule has 1 aliphatic heterocycles. The Kier molecular flexibility index (Phi) is 4.57. The number of benzene rings is 1. The van der Waals surface area contributed by atoms with Crippen LogP contribution in [0.3, 0.4) is 0 Å². The van der Waals surface area contributed by atoms with E-state index >= 15 is 0 Å². The van der Waals surface area contributed by atoms with Crippen molar-refractivity contribution in [3.8, 4) is 11.1 Å². The first-order chi connectivity index (χ1) is 11.2. The predicted molar refractivity (Wildman–Crippen MR) is 87.0 cm³/mol. The maximum atomic E-state index is 11.3. The van der Waals surface area contributed by atoms with Gasteiger partial charge in [0.1, 0.15) is 0 Å². The van der Waals surface area contributed by atoms with Crippen LogP contribution in [0.5, 0.6) is 0 Å². The molecule has 1 fully saturated rings. The van der Waals surface area contributed by atoms with E-state index in [9.17, 15) is 15.0 Å². The third-order valence-electron chi connectivity index (χ3n) is 4.41. The molecule has 1 aliphatic rings. The predicted octanol–water partition coefficient (Wildman–Crippen LogP) is 3.31. The third-order valence-corrected chi connectivity index (χ3v) is 4.41. The van der Waals surface area contributed by atoms with Gasteiger partial charge in [-0.05, 0) is 42.0 Å². The molecule has 2 aromatic rings. The van der Waals surface area contributed by atoms with Crippen LogP contribution < -0.4 is 0 Å². The zero-order valence-corrected chi connectivity index (χ0v) is 12.8. The number of hydrogen-bond donors (Lipinski definition) is 2. The molecule has 1 saturated heterocycles. The molecule has 0 saturated carbocycles. The van der Waals surface area contributed by atoms with Crippen LogP contribution in [0.2, 0.25) is 0 Å². The van der Waals surface area contributed by atoms with Crippen molar-refractivity contribution in [3.05, 3.63) is 54.4 Å². The molecule has 0 unspecified atom stereocenters. The van der Waals surface area contributed by atoms with Gasteiger partial charge in [-0.25, -0.2) is 4.79 Å². The van der Waals surface area contributed by atoms with Crippen LogP contribution in [0.25, 0.3) is 11.1 Å². The van der Waals surface area contributed by atoms with E-state index in [1.54, 1.807) is 12.4 Å². The number of carboxylic acid groups (broad SMARTS) is 1. The van der Waals surface area contributed by atoms with E-state index in [0.717, 1.165) is 29.5 Å². The van der Waals surface area contributed by atoms with Crippen LogP contribution in [0, 0.1) is 0 Å². The van der Waals surface area contributed by atoms with Gasteiger partial charge in [0.15, 0.2) is 0 Å². The first-order valence-electron chi connectivity index (χ1n) is 7.85. The Bertz CT molecular complexity index is 658. The molecule has 5 heteroatoms. The van der Waals surface area contributed by atoms with Crippen molar-refractivity contribution < 1.29 is 15.0 Å². The molecule has 120 valence electrons. The Morgan fingerprint density at radius 3 is 2.61 bits per heavy atom. The van der Waals surface area contributed by atoms with Gasteiger partial charge >= 0.3 is 6.09 Å². The number of aliphatic hydroxyl groups is 1. The summed E-state index contributed by atoms with van der Waals surface area (Å²) >= 11 is 0. The molecule has 1 aromatic heterocycles. The van der Waals surface area contributed by atoms with E-state index in [0.29, 0.717) is 13.0 Å². The second-order valence-corrected chi connectivity index (χ2v) is 5.85. The third kappa shape index (κ3) is 3.35. The van der Waals surface area contributed by atoms with E-state index in [1.807, 2.05) is 36.4 Å². The van der Waals surface area contributed by atoms with Crippen LogP contribution in [-0.4, -0.2) is 38.8 Å². The number of rotatable bonds is 3. The summed E-state index contributed by atoms with van der Waals surface area (Å²) in [6, 6.07) is 11.1. The first-order valence-corrected chi connectivity index (χ1v) is 7.85. The summed E-state index contributed by atoms with van der Waals surface area (Å²) in [5.74, 6) is 0. The number of aromatic nitrogens is 1. The Morgan fingerprint density at radius 1 is 1.17 bits per heavy atom. The Hall–Kier alpha value is -2.40. The fraction of sp³-hybridized carbons (Fsp3) is 0.333. The summed E-state index contributed by atoms with van der Waals surface area (Å²) < 4.78 is 0. The number of carbonyl (C=O) groups is 1. The zero-order chi connectivity index (χ0) is 16.2. The lowest BCUT2D eigenvalue weighted by Gasteiger charge is -2.36. The molecule has 0 radical (unpaired) electrons. The highest BCUT2D eigenvalue weighted by Crippen LogP contribution is 2.30. The molecular weight excluding hydrogens is 292 g/mol. The maximum absolute atomic E-state index is 11.3. The Labute approximate surface area is 135 Å². The van der Waals surface area contributed by atoms with E-state index in [2.05, 4.69) is 4.98 Å². The van der Waals surface area contributed by atoms with Crippen LogP contribution in [0.1, 0.15) is 30.9 Å². The van der Waals surface area contributed by atoms with Crippen LogP contribution >= 0.6 is 0 Å². The van der Waals surface area contributed by atoms with Crippen LogP contribution in [0.4, 0.5) is 4.79 Å². The molecule has 2 heterocycles. The van der Waals surface area contributed by atoms with Crippen molar-refractivity contribution in [1.82, 2.24) is 9.88 Å². The van der Waals surface area contributed by atoms with Gasteiger partial charge < -0.3 is 15.1 Å². The summed E-state index contributed by atoms with van der Waals surface area (Å²) in [7, 11) is 0. The molecule has 0 aliphatic carbocycles. The lowest BCUT2D eigenvalue weighted by atomic mass is 9.92. The van der Waals surface area contributed by atoms with E-state index in [1.165, 1.54) is 4.90 Å². The van der Waals surface area contributed by atoms with Crippen molar-refractivity contribution in [2.75, 3.05) is 6.54 Å². The second kappa shape index (κ2) is 6.79. The van der Waals surface area contributed by atoms with Crippen molar-refractivity contribution in [1.29, 1.82) is 0 Å². The number of pyridine rings is 1. The Balaban J connectivity index is 1.79. The Morgan fingerprint density at radius 2 is 1.96 bits per heavy atom. The average molecular weight is 312 g/mol. The summed E-state index contributed by atoms with van der Waals surface area (Å²) in [5, 5.41) is 19.9. The molecule has 2 atom stereocenters. The fourth-order valence-corrected chi connectivity index (χ4v) is 3.15. The summed E-state index contributed by atoms with van der Waals surface area (Å²) in [6.45, 7) is 0.491. The molecule has 2 N–H and O–H groups in total. The normalized spacial score (nSPS) is 19.3. The van der Waals surface area contributed by atoms with Gasteiger partial charge in [-0.3, -0.25) is 4.98 Å². The monoisotopic (exact) mass is 312 g/mol. The summed E-state index contributed by atoms with van der Waals surface area (Å²) in [5.41, 5.74) is 2.78. The van der Waals surface area contributed by atoms with Crippen LogP contribution in [-0.2, 0) is 0 Å². The molecular formula is C18H20N2O3. The number of amides is 1. The van der Waals surface area contributed by atoms with E-state index in [4.69, 9.17) is 0 Å². The minimum Gasteiger partial charge on any atom is -0.465 e. The van der Waals surface area contributed by atoms with Gasteiger partial charge in [0.2, 0.25) is 0 Å². The average Bonchev–Trinajstić information content (AvgIpc) is 2.62. The SMILES string of the molecule is O=C(O)N1CCCC[C@H]1[C@@H](O)c1ccc(-c2cccnc2)cc1. The quantitative estimate of drug-likeness (QED) is 0.912. The zero-order valence-electron chi connectivity index (χ0n) is 12.8. The molecule has 5 nitrogen and oxygen atoms in total. The van der Waals surface area contributed by atoms with Gasteiger partial charge in [-0.2, -0.15) is 0 Å². The van der Waals surface area contributed by atoms with Crippen molar-refractivity contribution >= 4 is 6.09 Å². The molecule has 1 amide bonds. The number of nitrogens with zero attached hydrogens (tertiary/aromatic N) is 2. The van der Waals surface area contributed by atoms with Gasteiger partial charge in [-0.15, -0.1) is 0 Å². The van der Waals surface area contributed by atoms with Gasteiger partial charge in [0.05, 0.1) is 12.1 Å². The standard InChI is InChI=1S/C18H20N2O3/c21-17(16-5-1-2-11-20(16)18(22)23)14-8-6-13(7-9-14)15-4-3-10-19-12-15/h3-4,6-10,12,16-17,21H,1-2,5,11H2,(H,22,23)/t16-,17-/m0/s1. The number of likely N-dealkylation sites (tertiary alicyclic amines) is 1. The van der Waals surface area contributed by atoms with Gasteiger partial charge in [0, 0.05) is 18.9 Å².